The van der Waals surface area contributed by atoms with Gasteiger partial charge in [0.05, 0.1) is 12.1 Å². The summed E-state index contributed by atoms with van der Waals surface area (Å²) in [5.41, 5.74) is 0.950. The van der Waals surface area contributed by atoms with Gasteiger partial charge < -0.3 is 5.32 Å². The second-order valence-corrected chi connectivity index (χ2v) is 5.99. The van der Waals surface area contributed by atoms with Crippen molar-refractivity contribution in [3.05, 3.63) is 35.6 Å². The number of hydrogen-bond acceptors (Lipinski definition) is 3. The van der Waals surface area contributed by atoms with Crippen molar-refractivity contribution < 1.29 is 4.39 Å². The van der Waals surface area contributed by atoms with Crippen molar-refractivity contribution in [1.82, 2.24) is 5.32 Å². The lowest BCUT2D eigenvalue weighted by Gasteiger charge is -2.14. The van der Waals surface area contributed by atoms with Crippen molar-refractivity contribution >= 4 is 16.9 Å². The van der Waals surface area contributed by atoms with Gasteiger partial charge in [0.1, 0.15) is 5.82 Å². The van der Waals surface area contributed by atoms with Gasteiger partial charge in [-0.25, -0.2) is 4.39 Å². The third-order valence-electron chi connectivity index (χ3n) is 3.13. The van der Waals surface area contributed by atoms with E-state index in [1.807, 2.05) is 13.0 Å². The summed E-state index contributed by atoms with van der Waals surface area (Å²) in [5, 5.41) is 4.33. The van der Waals surface area contributed by atoms with E-state index in [9.17, 15) is 4.39 Å². The highest BCUT2D eigenvalue weighted by Crippen LogP contribution is 2.24. The number of thioether (sulfide) groups is 1. The first kappa shape index (κ1) is 13.4. The third kappa shape index (κ3) is 3.25. The summed E-state index contributed by atoms with van der Waals surface area (Å²) in [6.07, 6.45) is 0. The Balaban J connectivity index is 2.00. The second-order valence-electron chi connectivity index (χ2n) is 4.98. The second kappa shape index (κ2) is 5.74. The van der Waals surface area contributed by atoms with Crippen LogP contribution in [0.3, 0.4) is 0 Å². The Hall–Kier alpha value is -1.03. The molecule has 0 saturated heterocycles. The summed E-state index contributed by atoms with van der Waals surface area (Å²) < 4.78 is 13.1. The van der Waals surface area contributed by atoms with E-state index >= 15 is 0 Å². The predicted molar refractivity (Wildman–Crippen MR) is 76.5 cm³/mol. The zero-order valence-electron chi connectivity index (χ0n) is 11.0. The first-order valence-electron chi connectivity index (χ1n) is 6.29. The van der Waals surface area contributed by atoms with Gasteiger partial charge in [-0.05, 0) is 30.5 Å². The minimum atomic E-state index is -0.192. The van der Waals surface area contributed by atoms with Gasteiger partial charge in [-0.1, -0.05) is 37.7 Å². The van der Waals surface area contributed by atoms with Gasteiger partial charge in [-0.2, -0.15) is 0 Å². The van der Waals surface area contributed by atoms with E-state index in [0.717, 1.165) is 16.5 Å². The lowest BCUT2D eigenvalue weighted by molar-refractivity contribution is 0.541. The van der Waals surface area contributed by atoms with Gasteiger partial charge in [-0.15, -0.1) is 0 Å². The fourth-order valence-electron chi connectivity index (χ4n) is 1.85. The van der Waals surface area contributed by atoms with Crippen molar-refractivity contribution in [2.75, 3.05) is 5.75 Å². The summed E-state index contributed by atoms with van der Waals surface area (Å²) in [4.78, 5) is 4.65. The van der Waals surface area contributed by atoms with Gasteiger partial charge >= 0.3 is 0 Å². The molecule has 0 aliphatic carbocycles. The van der Waals surface area contributed by atoms with Crippen LogP contribution in [0, 0.1) is 11.7 Å². The van der Waals surface area contributed by atoms with Crippen molar-refractivity contribution in [2.45, 2.75) is 32.9 Å². The molecule has 98 valence electrons. The van der Waals surface area contributed by atoms with Crippen LogP contribution in [0.4, 0.5) is 4.39 Å². The Morgan fingerprint density at radius 3 is 2.78 bits per heavy atom. The molecule has 1 aromatic carbocycles. The summed E-state index contributed by atoms with van der Waals surface area (Å²) in [7, 11) is 0. The molecule has 1 aliphatic heterocycles. The van der Waals surface area contributed by atoms with E-state index in [1.54, 1.807) is 23.9 Å². The molecule has 0 saturated carbocycles. The van der Waals surface area contributed by atoms with Gasteiger partial charge in [0.2, 0.25) is 0 Å². The van der Waals surface area contributed by atoms with Crippen LogP contribution in [0.25, 0.3) is 0 Å². The number of nitrogens with one attached hydrogen (secondary N) is 1. The number of amidine groups is 1. The van der Waals surface area contributed by atoms with Gasteiger partial charge in [0, 0.05) is 5.75 Å². The van der Waals surface area contributed by atoms with Crippen LogP contribution >= 0.6 is 11.8 Å². The maximum atomic E-state index is 13.1. The quantitative estimate of drug-likeness (QED) is 0.904. The molecule has 2 nitrogen and oxygen atoms in total. The Kier molecular flexibility index (Phi) is 4.27. The number of rotatable bonds is 3. The van der Waals surface area contributed by atoms with E-state index < -0.39 is 0 Å². The SMILES string of the molecule is CC(NC1=NC(C(C)C)CS1)c1cccc(F)c1. The van der Waals surface area contributed by atoms with Gasteiger partial charge in [0.25, 0.3) is 0 Å². The molecular weight excluding hydrogens is 247 g/mol. The van der Waals surface area contributed by atoms with Crippen LogP contribution in [0.5, 0.6) is 0 Å². The van der Waals surface area contributed by atoms with E-state index in [0.29, 0.717) is 12.0 Å². The number of nitrogens with zero attached hydrogens (tertiary/aromatic N) is 1. The molecule has 4 heteroatoms. The molecular formula is C14H19FN2S. The molecule has 0 spiro atoms. The van der Waals surface area contributed by atoms with Crippen LogP contribution in [0.1, 0.15) is 32.4 Å². The van der Waals surface area contributed by atoms with Gasteiger partial charge in [-0.3, -0.25) is 4.99 Å². The monoisotopic (exact) mass is 266 g/mol. The molecule has 0 bridgehead atoms. The molecule has 2 atom stereocenters. The molecule has 1 aromatic rings. The fourth-order valence-corrected chi connectivity index (χ4v) is 3.11. The van der Waals surface area contributed by atoms with Crippen molar-refractivity contribution in [1.29, 1.82) is 0 Å². The number of benzene rings is 1. The van der Waals surface area contributed by atoms with Crippen LogP contribution < -0.4 is 5.32 Å². The molecule has 0 radical (unpaired) electrons. The average Bonchev–Trinajstić information content (AvgIpc) is 2.77. The predicted octanol–water partition coefficient (Wildman–Crippen LogP) is 3.60. The van der Waals surface area contributed by atoms with Crippen molar-refractivity contribution in [3.63, 3.8) is 0 Å². The van der Waals surface area contributed by atoms with E-state index in [1.165, 1.54) is 6.07 Å². The van der Waals surface area contributed by atoms with Crippen molar-refractivity contribution in [2.24, 2.45) is 10.9 Å². The lowest BCUT2D eigenvalue weighted by atomic mass is 10.1. The van der Waals surface area contributed by atoms with Crippen molar-refractivity contribution in [3.8, 4) is 0 Å². The molecule has 0 amide bonds. The standard InChI is InChI=1S/C14H19FN2S/c1-9(2)13-8-18-14(17-13)16-10(3)11-5-4-6-12(15)7-11/h4-7,9-10,13H,8H2,1-3H3,(H,16,17). The largest absolute Gasteiger partial charge is 0.358 e. The number of hydrogen-bond donors (Lipinski definition) is 1. The first-order chi connectivity index (χ1) is 8.56. The normalized spacial score (nSPS) is 20.9. The van der Waals surface area contributed by atoms with Crippen LogP contribution in [0.2, 0.25) is 0 Å². The minimum Gasteiger partial charge on any atom is -0.358 e. The highest BCUT2D eigenvalue weighted by molar-refractivity contribution is 8.14. The Labute approximate surface area is 112 Å². The Bertz CT molecular complexity index is 445. The molecule has 2 rings (SSSR count). The molecule has 18 heavy (non-hydrogen) atoms. The molecule has 0 fully saturated rings. The summed E-state index contributed by atoms with van der Waals surface area (Å²) >= 11 is 1.75. The summed E-state index contributed by atoms with van der Waals surface area (Å²) in [6, 6.07) is 7.18. The minimum absolute atomic E-state index is 0.0814. The highest BCUT2D eigenvalue weighted by atomic mass is 32.2. The lowest BCUT2D eigenvalue weighted by Crippen LogP contribution is -2.23. The summed E-state index contributed by atoms with van der Waals surface area (Å²) in [6.45, 7) is 6.40. The van der Waals surface area contributed by atoms with E-state index in [2.05, 4.69) is 24.2 Å². The van der Waals surface area contributed by atoms with E-state index in [4.69, 9.17) is 0 Å². The maximum absolute atomic E-state index is 13.1. The Morgan fingerprint density at radius 2 is 2.17 bits per heavy atom. The number of halogens is 1. The zero-order valence-corrected chi connectivity index (χ0v) is 11.8. The smallest absolute Gasteiger partial charge is 0.157 e. The van der Waals surface area contributed by atoms with Crippen LogP contribution in [-0.4, -0.2) is 17.0 Å². The molecule has 1 heterocycles. The van der Waals surface area contributed by atoms with Crippen LogP contribution in [-0.2, 0) is 0 Å². The molecule has 1 N–H and O–H groups in total. The van der Waals surface area contributed by atoms with Crippen LogP contribution in [0.15, 0.2) is 29.3 Å². The third-order valence-corrected chi connectivity index (χ3v) is 4.14. The van der Waals surface area contributed by atoms with Gasteiger partial charge in [0.15, 0.2) is 5.17 Å². The highest BCUT2D eigenvalue weighted by Gasteiger charge is 2.22. The number of aliphatic imine (C=N–C) groups is 1. The average molecular weight is 266 g/mol. The molecule has 1 aliphatic rings. The molecule has 0 aromatic heterocycles. The zero-order chi connectivity index (χ0) is 13.1. The topological polar surface area (TPSA) is 24.4 Å². The van der Waals surface area contributed by atoms with E-state index in [-0.39, 0.29) is 11.9 Å². The fraction of sp³-hybridized carbons (Fsp3) is 0.500. The maximum Gasteiger partial charge on any atom is 0.157 e. The summed E-state index contributed by atoms with van der Waals surface area (Å²) in [5.74, 6) is 1.42. The Morgan fingerprint density at radius 1 is 1.39 bits per heavy atom. The first-order valence-corrected chi connectivity index (χ1v) is 7.27. The molecule has 2 unspecified atom stereocenters.